The Morgan fingerprint density at radius 2 is 2.11 bits per heavy atom. The van der Waals surface area contributed by atoms with Gasteiger partial charge in [-0.15, -0.1) is 0 Å². The van der Waals surface area contributed by atoms with E-state index in [1.165, 1.54) is 17.7 Å². The zero-order valence-corrected chi connectivity index (χ0v) is 9.71. The van der Waals surface area contributed by atoms with Crippen molar-refractivity contribution < 1.29 is 9.53 Å². The molecule has 2 aromatic rings. The quantitative estimate of drug-likeness (QED) is 0.738. The Morgan fingerprint density at radius 1 is 1.39 bits per heavy atom. The van der Waals surface area contributed by atoms with E-state index < -0.39 is 5.97 Å². The maximum Gasteiger partial charge on any atom is 0.325 e. The standard InChI is InChI=1S/C13H10N2O3/c1-18-13(17)8-15-11-6-9(7-14)2-3-10(11)4-5-12(15)16/h2-6H,8H2,1H3. The van der Waals surface area contributed by atoms with Gasteiger partial charge in [0.25, 0.3) is 5.56 Å². The number of nitriles is 1. The van der Waals surface area contributed by atoms with Crippen LogP contribution < -0.4 is 5.56 Å². The van der Waals surface area contributed by atoms with Gasteiger partial charge in [-0.1, -0.05) is 6.07 Å². The highest BCUT2D eigenvalue weighted by molar-refractivity contribution is 5.82. The number of hydrogen-bond donors (Lipinski definition) is 0. The minimum Gasteiger partial charge on any atom is -0.468 e. The van der Waals surface area contributed by atoms with E-state index in [0.717, 1.165) is 5.39 Å². The second kappa shape index (κ2) is 4.72. The molecule has 90 valence electrons. The number of hydrogen-bond acceptors (Lipinski definition) is 4. The molecule has 18 heavy (non-hydrogen) atoms. The van der Waals surface area contributed by atoms with Crippen molar-refractivity contribution in [2.75, 3.05) is 7.11 Å². The molecule has 1 aromatic heterocycles. The minimum atomic E-state index is -0.507. The fourth-order valence-electron chi connectivity index (χ4n) is 1.71. The molecule has 5 nitrogen and oxygen atoms in total. The highest BCUT2D eigenvalue weighted by Gasteiger charge is 2.08. The van der Waals surface area contributed by atoms with E-state index in [1.54, 1.807) is 24.3 Å². The van der Waals surface area contributed by atoms with Crippen LogP contribution in [0.1, 0.15) is 5.56 Å². The molecular formula is C13H10N2O3. The van der Waals surface area contributed by atoms with Gasteiger partial charge in [-0.25, -0.2) is 0 Å². The van der Waals surface area contributed by atoms with Crippen molar-refractivity contribution in [3.8, 4) is 6.07 Å². The van der Waals surface area contributed by atoms with Gasteiger partial charge >= 0.3 is 5.97 Å². The Kier molecular flexibility index (Phi) is 3.11. The summed E-state index contributed by atoms with van der Waals surface area (Å²) in [6.45, 7) is -0.165. The van der Waals surface area contributed by atoms with E-state index in [1.807, 2.05) is 6.07 Å². The highest BCUT2D eigenvalue weighted by Crippen LogP contribution is 2.14. The second-order valence-corrected chi connectivity index (χ2v) is 3.72. The first-order valence-corrected chi connectivity index (χ1v) is 5.26. The van der Waals surface area contributed by atoms with E-state index in [-0.39, 0.29) is 12.1 Å². The van der Waals surface area contributed by atoms with Gasteiger partial charge in [0, 0.05) is 6.07 Å². The van der Waals surface area contributed by atoms with Crippen molar-refractivity contribution in [2.45, 2.75) is 6.54 Å². The normalized spacial score (nSPS) is 10.0. The number of ether oxygens (including phenoxy) is 1. The van der Waals surface area contributed by atoms with E-state index in [9.17, 15) is 9.59 Å². The van der Waals surface area contributed by atoms with E-state index >= 15 is 0 Å². The zero-order chi connectivity index (χ0) is 13.1. The molecule has 0 unspecified atom stereocenters. The molecule has 0 atom stereocenters. The monoisotopic (exact) mass is 242 g/mol. The summed E-state index contributed by atoms with van der Waals surface area (Å²) < 4.78 is 5.84. The van der Waals surface area contributed by atoms with Gasteiger partial charge in [-0.05, 0) is 23.6 Å². The number of methoxy groups -OCH3 is 1. The summed E-state index contributed by atoms with van der Waals surface area (Å²) in [7, 11) is 1.26. The lowest BCUT2D eigenvalue weighted by Crippen LogP contribution is -2.24. The van der Waals surface area contributed by atoms with Crippen LogP contribution in [0.2, 0.25) is 0 Å². The van der Waals surface area contributed by atoms with Gasteiger partial charge in [-0.3, -0.25) is 14.2 Å². The van der Waals surface area contributed by atoms with E-state index in [2.05, 4.69) is 4.74 Å². The van der Waals surface area contributed by atoms with Crippen LogP contribution in [0, 0.1) is 11.3 Å². The third-order valence-corrected chi connectivity index (χ3v) is 2.64. The van der Waals surface area contributed by atoms with Crippen molar-refractivity contribution >= 4 is 16.9 Å². The molecule has 0 N–H and O–H groups in total. The predicted molar refractivity (Wildman–Crippen MR) is 64.9 cm³/mol. The van der Waals surface area contributed by atoms with Crippen molar-refractivity contribution in [3.63, 3.8) is 0 Å². The molecule has 5 heteroatoms. The summed E-state index contributed by atoms with van der Waals surface area (Å²) in [5, 5.41) is 9.65. The van der Waals surface area contributed by atoms with Crippen LogP contribution in [0.4, 0.5) is 0 Å². The number of fused-ring (bicyclic) bond motifs is 1. The molecule has 0 saturated carbocycles. The number of aromatic nitrogens is 1. The Morgan fingerprint density at radius 3 is 2.78 bits per heavy atom. The third-order valence-electron chi connectivity index (χ3n) is 2.64. The first-order valence-electron chi connectivity index (χ1n) is 5.26. The van der Waals surface area contributed by atoms with Crippen LogP contribution in [0.5, 0.6) is 0 Å². The van der Waals surface area contributed by atoms with Crippen LogP contribution in [0.3, 0.4) is 0 Å². The molecule has 0 bridgehead atoms. The smallest absolute Gasteiger partial charge is 0.325 e. The van der Waals surface area contributed by atoms with Gasteiger partial charge in [0.2, 0.25) is 0 Å². The molecule has 0 amide bonds. The SMILES string of the molecule is COC(=O)Cn1c(=O)ccc2ccc(C#N)cc21. The average Bonchev–Trinajstić information content (AvgIpc) is 2.41. The van der Waals surface area contributed by atoms with Gasteiger partial charge in [-0.2, -0.15) is 5.26 Å². The van der Waals surface area contributed by atoms with Crippen LogP contribution >= 0.6 is 0 Å². The van der Waals surface area contributed by atoms with Crippen LogP contribution in [-0.2, 0) is 16.1 Å². The number of rotatable bonds is 2. The first-order chi connectivity index (χ1) is 8.65. The Balaban J connectivity index is 2.69. The molecule has 0 radical (unpaired) electrons. The van der Waals surface area contributed by atoms with Gasteiger partial charge < -0.3 is 4.74 Å². The molecule has 0 fully saturated rings. The molecule has 1 heterocycles. The lowest BCUT2D eigenvalue weighted by Gasteiger charge is -2.08. The van der Waals surface area contributed by atoms with Crippen molar-refractivity contribution in [3.05, 3.63) is 46.2 Å². The topological polar surface area (TPSA) is 72.1 Å². The fraction of sp³-hybridized carbons (Fsp3) is 0.154. The van der Waals surface area contributed by atoms with E-state index in [4.69, 9.17) is 5.26 Å². The largest absolute Gasteiger partial charge is 0.468 e. The molecule has 0 aliphatic heterocycles. The molecular weight excluding hydrogens is 232 g/mol. The van der Waals surface area contributed by atoms with Crippen LogP contribution in [0.25, 0.3) is 10.9 Å². The molecule has 0 aliphatic carbocycles. The van der Waals surface area contributed by atoms with Crippen molar-refractivity contribution in [1.82, 2.24) is 4.57 Å². The second-order valence-electron chi connectivity index (χ2n) is 3.72. The summed E-state index contributed by atoms with van der Waals surface area (Å²) in [4.78, 5) is 23.0. The van der Waals surface area contributed by atoms with Gasteiger partial charge in [0.1, 0.15) is 6.54 Å². The lowest BCUT2D eigenvalue weighted by molar-refractivity contribution is -0.141. The maximum absolute atomic E-state index is 11.8. The zero-order valence-electron chi connectivity index (χ0n) is 9.71. The lowest BCUT2D eigenvalue weighted by atomic mass is 10.1. The molecule has 2 rings (SSSR count). The number of carbonyl (C=O) groups is 1. The summed E-state index contributed by atoms with van der Waals surface area (Å²) in [6, 6.07) is 10.0. The maximum atomic E-state index is 11.8. The van der Waals surface area contributed by atoms with Crippen molar-refractivity contribution in [2.24, 2.45) is 0 Å². The van der Waals surface area contributed by atoms with E-state index in [0.29, 0.717) is 11.1 Å². The molecule has 0 aliphatic rings. The third kappa shape index (κ3) is 2.09. The average molecular weight is 242 g/mol. The highest BCUT2D eigenvalue weighted by atomic mass is 16.5. The summed E-state index contributed by atoms with van der Waals surface area (Å²) in [5.41, 5.74) is 0.682. The predicted octanol–water partition coefficient (Wildman–Crippen LogP) is 1.05. The molecule has 1 aromatic carbocycles. The summed E-state index contributed by atoms with van der Waals surface area (Å²) >= 11 is 0. The summed E-state index contributed by atoms with van der Waals surface area (Å²) in [6.07, 6.45) is 0. The number of esters is 1. The Bertz CT molecular complexity index is 710. The van der Waals surface area contributed by atoms with Gasteiger partial charge in [0.15, 0.2) is 0 Å². The first kappa shape index (κ1) is 11.9. The number of pyridine rings is 1. The number of nitrogens with zero attached hydrogens (tertiary/aromatic N) is 2. The number of carbonyl (C=O) groups excluding carboxylic acids is 1. The summed E-state index contributed by atoms with van der Waals surface area (Å²) in [5.74, 6) is -0.507. The van der Waals surface area contributed by atoms with Crippen LogP contribution in [0.15, 0.2) is 35.1 Å². The number of benzene rings is 1. The van der Waals surface area contributed by atoms with Gasteiger partial charge in [0.05, 0.1) is 24.3 Å². The van der Waals surface area contributed by atoms with Crippen LogP contribution in [-0.4, -0.2) is 17.6 Å². The minimum absolute atomic E-state index is 0.165. The molecule has 0 spiro atoms. The fourth-order valence-corrected chi connectivity index (χ4v) is 1.71. The Labute approximate surface area is 103 Å². The molecule has 0 saturated heterocycles. The van der Waals surface area contributed by atoms with Crippen molar-refractivity contribution in [1.29, 1.82) is 5.26 Å². The Hall–Kier alpha value is -2.61.